The molecule has 0 aromatic carbocycles. The first-order chi connectivity index (χ1) is 3.81. The first kappa shape index (κ1) is 5.79. The molecule has 1 aliphatic carbocycles. The van der Waals surface area contributed by atoms with E-state index in [9.17, 15) is 0 Å². The number of hydrogen-bond donors (Lipinski definition) is 2. The molecule has 46 valence electrons. The summed E-state index contributed by atoms with van der Waals surface area (Å²) in [6.07, 6.45) is 0. The average Bonchev–Trinajstić information content (AvgIpc) is 2.40. The van der Waals surface area contributed by atoms with Crippen molar-refractivity contribution in [1.29, 1.82) is 0 Å². The molecule has 0 aliphatic heterocycles. The van der Waals surface area contributed by atoms with E-state index in [-0.39, 0.29) is 0 Å². The molecule has 2 atom stereocenters. The van der Waals surface area contributed by atoms with Crippen LogP contribution in [0.4, 0.5) is 0 Å². The summed E-state index contributed by atoms with van der Waals surface area (Å²) in [6.45, 7) is 5.26. The smallest absolute Gasteiger partial charge is 0.000159 e. The van der Waals surface area contributed by atoms with E-state index < -0.39 is 0 Å². The van der Waals surface area contributed by atoms with E-state index in [1.807, 2.05) is 0 Å². The summed E-state index contributed by atoms with van der Waals surface area (Å²) in [5.41, 5.74) is 12.0. The Labute approximate surface area is 49.5 Å². The molecule has 0 heterocycles. The highest BCUT2D eigenvalue weighted by Crippen LogP contribution is 2.41. The predicted molar refractivity (Wildman–Crippen MR) is 34.2 cm³/mol. The van der Waals surface area contributed by atoms with Crippen LogP contribution in [0.3, 0.4) is 0 Å². The van der Waals surface area contributed by atoms with Gasteiger partial charge >= 0.3 is 0 Å². The van der Waals surface area contributed by atoms with E-state index in [1.54, 1.807) is 0 Å². The lowest BCUT2D eigenvalue weighted by molar-refractivity contribution is 0.715. The van der Waals surface area contributed by atoms with E-state index in [2.05, 4.69) is 6.58 Å². The van der Waals surface area contributed by atoms with Gasteiger partial charge in [-0.15, -0.1) is 0 Å². The van der Waals surface area contributed by atoms with Crippen LogP contribution in [0.15, 0.2) is 12.2 Å². The van der Waals surface area contributed by atoms with Gasteiger partial charge in [-0.05, 0) is 24.9 Å². The van der Waals surface area contributed by atoms with E-state index in [0.29, 0.717) is 11.8 Å². The van der Waals surface area contributed by atoms with Gasteiger partial charge in [-0.25, -0.2) is 0 Å². The van der Waals surface area contributed by atoms with Gasteiger partial charge in [-0.2, -0.15) is 0 Å². The molecule has 0 saturated heterocycles. The van der Waals surface area contributed by atoms with Crippen molar-refractivity contribution in [2.45, 2.75) is 0 Å². The van der Waals surface area contributed by atoms with Crippen molar-refractivity contribution in [2.75, 3.05) is 13.1 Å². The second-order valence-corrected chi connectivity index (χ2v) is 2.26. The fraction of sp³-hybridized carbons (Fsp3) is 0.667. The van der Waals surface area contributed by atoms with Crippen molar-refractivity contribution in [3.8, 4) is 0 Å². The summed E-state index contributed by atoms with van der Waals surface area (Å²) in [5.74, 6) is 1.08. The molecule has 8 heavy (non-hydrogen) atoms. The molecule has 1 aliphatic rings. The first-order valence-electron chi connectivity index (χ1n) is 2.90. The summed E-state index contributed by atoms with van der Waals surface area (Å²) in [4.78, 5) is 0. The third-order valence-corrected chi connectivity index (χ3v) is 1.84. The minimum Gasteiger partial charge on any atom is -0.330 e. The molecule has 1 saturated carbocycles. The molecular weight excluding hydrogens is 100 g/mol. The third kappa shape index (κ3) is 0.659. The van der Waals surface area contributed by atoms with Crippen molar-refractivity contribution in [3.63, 3.8) is 0 Å². The van der Waals surface area contributed by atoms with E-state index >= 15 is 0 Å². The SMILES string of the molecule is C=C1[C@H](CN)[C@H]1CN. The summed E-state index contributed by atoms with van der Waals surface area (Å²) >= 11 is 0. The lowest BCUT2D eigenvalue weighted by atomic mass is 10.3. The Bertz CT molecular complexity index is 97.1. The van der Waals surface area contributed by atoms with Gasteiger partial charge < -0.3 is 11.5 Å². The molecule has 0 spiro atoms. The Morgan fingerprint density at radius 1 is 1.25 bits per heavy atom. The van der Waals surface area contributed by atoms with Gasteiger partial charge in [0.2, 0.25) is 0 Å². The number of hydrogen-bond acceptors (Lipinski definition) is 2. The standard InChI is InChI=1S/C6H12N2/c1-4-5(2-7)6(4)3-8/h5-6H,1-3,7-8H2/t5-,6-/m0/s1. The first-order valence-corrected chi connectivity index (χ1v) is 2.90. The second-order valence-electron chi connectivity index (χ2n) is 2.26. The number of rotatable bonds is 2. The monoisotopic (exact) mass is 112 g/mol. The Kier molecular flexibility index (Phi) is 1.36. The summed E-state index contributed by atoms with van der Waals surface area (Å²) < 4.78 is 0. The average molecular weight is 112 g/mol. The van der Waals surface area contributed by atoms with Crippen LogP contribution in [0, 0.1) is 11.8 Å². The second kappa shape index (κ2) is 1.88. The lowest BCUT2D eigenvalue weighted by Gasteiger charge is -1.84. The van der Waals surface area contributed by atoms with Gasteiger partial charge in [-0.1, -0.05) is 12.2 Å². The predicted octanol–water partition coefficient (Wildman–Crippen LogP) is -0.294. The molecule has 2 heteroatoms. The maximum atomic E-state index is 5.37. The maximum Gasteiger partial charge on any atom is -0.000159 e. The summed E-state index contributed by atoms with van der Waals surface area (Å²) in [7, 11) is 0. The third-order valence-electron chi connectivity index (χ3n) is 1.84. The largest absolute Gasteiger partial charge is 0.330 e. The van der Waals surface area contributed by atoms with Crippen LogP contribution < -0.4 is 11.5 Å². The zero-order valence-electron chi connectivity index (χ0n) is 4.93. The quantitative estimate of drug-likeness (QED) is 0.482. The topological polar surface area (TPSA) is 52.0 Å². The van der Waals surface area contributed by atoms with Crippen LogP contribution in [0.2, 0.25) is 0 Å². The molecule has 2 nitrogen and oxygen atoms in total. The molecule has 0 radical (unpaired) electrons. The zero-order valence-corrected chi connectivity index (χ0v) is 4.93. The molecule has 1 rings (SSSR count). The number of nitrogens with two attached hydrogens (primary N) is 2. The molecular formula is C6H12N2. The van der Waals surface area contributed by atoms with Crippen molar-refractivity contribution < 1.29 is 0 Å². The van der Waals surface area contributed by atoms with Crippen LogP contribution in [-0.4, -0.2) is 13.1 Å². The van der Waals surface area contributed by atoms with Gasteiger partial charge in [0.25, 0.3) is 0 Å². The molecule has 0 unspecified atom stereocenters. The van der Waals surface area contributed by atoms with E-state index in [1.165, 1.54) is 5.57 Å². The van der Waals surface area contributed by atoms with Crippen LogP contribution >= 0.6 is 0 Å². The van der Waals surface area contributed by atoms with Crippen LogP contribution in [0.25, 0.3) is 0 Å². The zero-order chi connectivity index (χ0) is 6.15. The van der Waals surface area contributed by atoms with Gasteiger partial charge in [0.05, 0.1) is 0 Å². The molecule has 4 N–H and O–H groups in total. The van der Waals surface area contributed by atoms with E-state index in [4.69, 9.17) is 11.5 Å². The Hall–Kier alpha value is -0.340. The van der Waals surface area contributed by atoms with Crippen LogP contribution in [0.1, 0.15) is 0 Å². The van der Waals surface area contributed by atoms with Gasteiger partial charge in [0.1, 0.15) is 0 Å². The molecule has 0 amide bonds. The summed E-state index contributed by atoms with van der Waals surface area (Å²) in [5, 5.41) is 0. The molecule has 1 fully saturated rings. The highest BCUT2D eigenvalue weighted by molar-refractivity contribution is 5.26. The minimum absolute atomic E-state index is 0.542. The van der Waals surface area contributed by atoms with E-state index in [0.717, 1.165) is 13.1 Å². The van der Waals surface area contributed by atoms with Gasteiger partial charge in [-0.3, -0.25) is 0 Å². The van der Waals surface area contributed by atoms with Crippen molar-refractivity contribution in [2.24, 2.45) is 23.3 Å². The van der Waals surface area contributed by atoms with Crippen molar-refractivity contribution in [1.82, 2.24) is 0 Å². The fourth-order valence-corrected chi connectivity index (χ4v) is 1.08. The van der Waals surface area contributed by atoms with Gasteiger partial charge in [0, 0.05) is 0 Å². The summed E-state index contributed by atoms with van der Waals surface area (Å²) in [6, 6.07) is 0. The van der Waals surface area contributed by atoms with Crippen molar-refractivity contribution in [3.05, 3.63) is 12.2 Å². The Morgan fingerprint density at radius 3 is 1.75 bits per heavy atom. The highest BCUT2D eigenvalue weighted by Gasteiger charge is 2.39. The molecule has 0 aromatic rings. The Balaban J connectivity index is 2.34. The van der Waals surface area contributed by atoms with Crippen molar-refractivity contribution >= 4 is 0 Å². The van der Waals surface area contributed by atoms with Crippen LogP contribution in [-0.2, 0) is 0 Å². The maximum absolute atomic E-state index is 5.37. The Morgan fingerprint density at radius 2 is 1.62 bits per heavy atom. The molecule has 0 aromatic heterocycles. The lowest BCUT2D eigenvalue weighted by Crippen LogP contribution is -2.08. The van der Waals surface area contributed by atoms with Crippen LogP contribution in [0.5, 0.6) is 0 Å². The highest BCUT2D eigenvalue weighted by atomic mass is 14.7. The minimum atomic E-state index is 0.542. The normalized spacial score (nSPS) is 35.5. The van der Waals surface area contributed by atoms with Gasteiger partial charge in [0.15, 0.2) is 0 Å². The molecule has 0 bridgehead atoms. The fourth-order valence-electron chi connectivity index (χ4n) is 1.08.